The number of hydrogen-bond acceptors (Lipinski definition) is 5. The van der Waals surface area contributed by atoms with Gasteiger partial charge in [0, 0.05) is 6.54 Å². The van der Waals surface area contributed by atoms with Crippen molar-refractivity contribution in [3.63, 3.8) is 0 Å². The third-order valence-electron chi connectivity index (χ3n) is 3.56. The molecule has 0 amide bonds. The van der Waals surface area contributed by atoms with Crippen LogP contribution in [-0.4, -0.2) is 26.8 Å². The molecule has 1 aromatic carbocycles. The van der Waals surface area contributed by atoms with Crippen LogP contribution in [0.1, 0.15) is 42.5 Å². The summed E-state index contributed by atoms with van der Waals surface area (Å²) in [7, 11) is 0. The number of aliphatic hydroxyl groups is 1. The Morgan fingerprint density at radius 2 is 1.83 bits per heavy atom. The molecule has 2 N–H and O–H groups in total. The van der Waals surface area contributed by atoms with E-state index in [1.165, 1.54) is 12.1 Å². The van der Waals surface area contributed by atoms with Crippen molar-refractivity contribution in [1.82, 2.24) is 15.2 Å². The minimum Gasteiger partial charge on any atom is -0.387 e. The molecule has 0 aliphatic rings. The van der Waals surface area contributed by atoms with Crippen molar-refractivity contribution in [3.05, 3.63) is 46.8 Å². The summed E-state index contributed by atoms with van der Waals surface area (Å²) >= 11 is 0. The van der Waals surface area contributed by atoms with E-state index in [2.05, 4.69) is 20.5 Å². The van der Waals surface area contributed by atoms with Crippen LogP contribution in [-0.2, 0) is 19.0 Å². The smallest absolute Gasteiger partial charge is 0.387 e. The molecule has 8 heteroatoms. The molecule has 1 aromatic heterocycles. The number of benzene rings is 1. The van der Waals surface area contributed by atoms with Gasteiger partial charge in [0.2, 0.25) is 5.95 Å². The fourth-order valence-electron chi connectivity index (χ4n) is 2.24. The highest BCUT2D eigenvalue weighted by Crippen LogP contribution is 2.30. The van der Waals surface area contributed by atoms with Crippen molar-refractivity contribution in [2.45, 2.75) is 39.0 Å². The lowest BCUT2D eigenvalue weighted by Gasteiger charge is -2.15. The first-order valence-corrected chi connectivity index (χ1v) is 7.66. The minimum absolute atomic E-state index is 0.0163. The normalized spacial score (nSPS) is 12.9. The molecule has 2 rings (SSSR count). The average molecular weight is 340 g/mol. The van der Waals surface area contributed by atoms with Crippen LogP contribution in [0.4, 0.5) is 19.1 Å². The van der Waals surface area contributed by atoms with E-state index >= 15 is 0 Å². The van der Waals surface area contributed by atoms with Crippen LogP contribution in [0.15, 0.2) is 24.3 Å². The molecule has 1 unspecified atom stereocenters. The Bertz CT molecular complexity index is 691. The first-order chi connectivity index (χ1) is 11.3. The van der Waals surface area contributed by atoms with Crippen molar-refractivity contribution >= 4 is 5.95 Å². The zero-order valence-electron chi connectivity index (χ0n) is 13.4. The first kappa shape index (κ1) is 18.1. The number of rotatable bonds is 6. The highest BCUT2D eigenvalue weighted by atomic mass is 19.4. The maximum Gasteiger partial charge on any atom is 0.416 e. The molecule has 0 aliphatic heterocycles. The molecule has 0 spiro atoms. The van der Waals surface area contributed by atoms with E-state index in [9.17, 15) is 18.3 Å². The van der Waals surface area contributed by atoms with Crippen molar-refractivity contribution in [2.75, 3.05) is 11.9 Å². The van der Waals surface area contributed by atoms with E-state index in [0.29, 0.717) is 6.42 Å². The number of alkyl halides is 3. The maximum absolute atomic E-state index is 12.7. The number of aryl methyl sites for hydroxylation is 2. The van der Waals surface area contributed by atoms with Gasteiger partial charge < -0.3 is 10.4 Å². The highest BCUT2D eigenvalue weighted by molar-refractivity contribution is 5.30. The number of hydrogen-bond donors (Lipinski definition) is 2. The Hall–Kier alpha value is -2.22. The van der Waals surface area contributed by atoms with Gasteiger partial charge in [0.1, 0.15) is 0 Å². The summed E-state index contributed by atoms with van der Waals surface area (Å²) in [5.74, 6) is 0.245. The Morgan fingerprint density at radius 1 is 1.12 bits per heavy atom. The molecule has 2 aromatic rings. The number of aromatic nitrogens is 3. The number of halogens is 3. The van der Waals surface area contributed by atoms with E-state index in [1.807, 2.05) is 13.8 Å². The van der Waals surface area contributed by atoms with Gasteiger partial charge in [-0.3, -0.25) is 0 Å². The summed E-state index contributed by atoms with van der Waals surface area (Å²) in [5.41, 5.74) is 0.994. The van der Waals surface area contributed by atoms with Crippen LogP contribution < -0.4 is 5.32 Å². The van der Waals surface area contributed by atoms with Crippen LogP contribution in [0.2, 0.25) is 0 Å². The van der Waals surface area contributed by atoms with Crippen LogP contribution in [0.25, 0.3) is 0 Å². The molecule has 0 aliphatic carbocycles. The van der Waals surface area contributed by atoms with E-state index in [0.717, 1.165) is 29.9 Å². The summed E-state index contributed by atoms with van der Waals surface area (Å²) in [6, 6.07) is 4.61. The Kier molecular flexibility index (Phi) is 5.71. The largest absolute Gasteiger partial charge is 0.416 e. The Labute approximate surface area is 138 Å². The molecule has 1 atom stereocenters. The van der Waals surface area contributed by atoms with Crippen LogP contribution in [0.5, 0.6) is 0 Å². The Morgan fingerprint density at radius 3 is 2.46 bits per heavy atom. The van der Waals surface area contributed by atoms with E-state index in [4.69, 9.17) is 0 Å². The van der Waals surface area contributed by atoms with E-state index in [-0.39, 0.29) is 18.1 Å². The SMILES string of the molecule is CCc1nnc(NCC(O)c2cccc(C(F)(F)F)c2)nc1CC. The van der Waals surface area contributed by atoms with Gasteiger partial charge in [-0.15, -0.1) is 5.10 Å². The molecule has 24 heavy (non-hydrogen) atoms. The lowest BCUT2D eigenvalue weighted by molar-refractivity contribution is -0.137. The second-order valence-corrected chi connectivity index (χ2v) is 5.26. The molecule has 0 radical (unpaired) electrons. The summed E-state index contributed by atoms with van der Waals surface area (Å²) < 4.78 is 38.1. The van der Waals surface area contributed by atoms with Gasteiger partial charge in [-0.1, -0.05) is 26.0 Å². The number of nitrogens with one attached hydrogen (secondary N) is 1. The predicted molar refractivity (Wildman–Crippen MR) is 83.5 cm³/mol. The summed E-state index contributed by atoms with van der Waals surface area (Å²) in [6.45, 7) is 3.89. The van der Waals surface area contributed by atoms with E-state index in [1.54, 1.807) is 0 Å². The minimum atomic E-state index is -4.44. The van der Waals surface area contributed by atoms with Gasteiger partial charge >= 0.3 is 6.18 Å². The molecular weight excluding hydrogens is 321 g/mol. The van der Waals surface area contributed by atoms with Crippen molar-refractivity contribution in [2.24, 2.45) is 0 Å². The standard InChI is InChI=1S/C16H19F3N4O/c1-3-12-13(4-2)22-23-15(21-12)20-9-14(24)10-6-5-7-11(8-10)16(17,18)19/h5-8,14,24H,3-4,9H2,1-2H3,(H,20,21,23). The lowest BCUT2D eigenvalue weighted by atomic mass is 10.1. The highest BCUT2D eigenvalue weighted by Gasteiger charge is 2.30. The number of aliphatic hydroxyl groups excluding tert-OH is 1. The predicted octanol–water partition coefficient (Wildman–Crippen LogP) is 3.16. The average Bonchev–Trinajstić information content (AvgIpc) is 2.58. The van der Waals surface area contributed by atoms with Gasteiger partial charge in [0.05, 0.1) is 23.1 Å². The van der Waals surface area contributed by atoms with Gasteiger partial charge in [-0.25, -0.2) is 4.98 Å². The monoisotopic (exact) mass is 340 g/mol. The quantitative estimate of drug-likeness (QED) is 0.845. The summed E-state index contributed by atoms with van der Waals surface area (Å²) in [6.07, 6.45) is -4.14. The fraction of sp³-hybridized carbons (Fsp3) is 0.438. The molecule has 0 bridgehead atoms. The second kappa shape index (κ2) is 7.57. The van der Waals surface area contributed by atoms with Crippen LogP contribution in [0.3, 0.4) is 0 Å². The fourth-order valence-corrected chi connectivity index (χ4v) is 2.24. The molecular formula is C16H19F3N4O. The molecule has 0 saturated heterocycles. The third-order valence-corrected chi connectivity index (χ3v) is 3.56. The first-order valence-electron chi connectivity index (χ1n) is 7.66. The molecule has 0 fully saturated rings. The lowest BCUT2D eigenvalue weighted by Crippen LogP contribution is -2.16. The zero-order chi connectivity index (χ0) is 17.7. The van der Waals surface area contributed by atoms with Gasteiger partial charge in [0.25, 0.3) is 0 Å². The topological polar surface area (TPSA) is 70.9 Å². The maximum atomic E-state index is 12.7. The van der Waals surface area contributed by atoms with Crippen LogP contribution >= 0.6 is 0 Å². The van der Waals surface area contributed by atoms with E-state index < -0.39 is 17.8 Å². The number of anilines is 1. The molecule has 0 saturated carbocycles. The van der Waals surface area contributed by atoms with Gasteiger partial charge in [-0.2, -0.15) is 18.3 Å². The zero-order valence-corrected chi connectivity index (χ0v) is 13.4. The van der Waals surface area contributed by atoms with Crippen molar-refractivity contribution in [1.29, 1.82) is 0 Å². The molecule has 1 heterocycles. The van der Waals surface area contributed by atoms with Crippen molar-refractivity contribution < 1.29 is 18.3 Å². The summed E-state index contributed by atoms with van der Waals surface area (Å²) in [5, 5.41) is 20.9. The Balaban J connectivity index is 2.07. The molecule has 5 nitrogen and oxygen atoms in total. The van der Waals surface area contributed by atoms with Gasteiger partial charge in [0.15, 0.2) is 0 Å². The third kappa shape index (κ3) is 4.41. The number of nitrogens with zero attached hydrogens (tertiary/aromatic N) is 3. The van der Waals surface area contributed by atoms with Gasteiger partial charge in [-0.05, 0) is 30.5 Å². The van der Waals surface area contributed by atoms with Crippen molar-refractivity contribution in [3.8, 4) is 0 Å². The van der Waals surface area contributed by atoms with Crippen LogP contribution in [0, 0.1) is 0 Å². The molecule has 130 valence electrons. The second-order valence-electron chi connectivity index (χ2n) is 5.26. The summed E-state index contributed by atoms with van der Waals surface area (Å²) in [4.78, 5) is 4.31.